The highest BCUT2D eigenvalue weighted by molar-refractivity contribution is 6.12. The summed E-state index contributed by atoms with van der Waals surface area (Å²) >= 11 is 0. The monoisotopic (exact) mass is 469 g/mol. The van der Waals surface area contributed by atoms with Crippen molar-refractivity contribution in [1.29, 1.82) is 0 Å². The molecule has 1 aliphatic heterocycles. The van der Waals surface area contributed by atoms with E-state index in [4.69, 9.17) is 4.84 Å². The number of benzene rings is 2. The van der Waals surface area contributed by atoms with Gasteiger partial charge in [-0.25, -0.2) is 13.2 Å². The Morgan fingerprint density at radius 1 is 1.00 bits per heavy atom. The normalized spacial score (nSPS) is 15.4. The van der Waals surface area contributed by atoms with Crippen molar-refractivity contribution < 1.29 is 18.0 Å². The molecule has 8 heteroatoms. The van der Waals surface area contributed by atoms with Gasteiger partial charge in [-0.2, -0.15) is 0 Å². The van der Waals surface area contributed by atoms with E-state index < -0.39 is 18.3 Å². The maximum Gasteiger partial charge on any atom is 0.248 e. The second kappa shape index (κ2) is 11.2. The summed E-state index contributed by atoms with van der Waals surface area (Å²) in [5.74, 6) is -1.59. The Bertz CT molecular complexity index is 1190. The fourth-order valence-electron chi connectivity index (χ4n) is 4.19. The highest BCUT2D eigenvalue weighted by Gasteiger charge is 2.21. The molecule has 3 aromatic rings. The number of halogens is 3. The first-order chi connectivity index (χ1) is 16.5. The fourth-order valence-corrected chi connectivity index (χ4v) is 4.19. The first kappa shape index (κ1) is 23.8. The molecule has 0 bridgehead atoms. The van der Waals surface area contributed by atoms with Crippen molar-refractivity contribution in [3.05, 3.63) is 105 Å². The summed E-state index contributed by atoms with van der Waals surface area (Å²) in [5, 5.41) is 3.97. The van der Waals surface area contributed by atoms with Gasteiger partial charge in [0.1, 0.15) is 19.0 Å². The van der Waals surface area contributed by atoms with Gasteiger partial charge in [0.2, 0.25) is 5.56 Å². The van der Waals surface area contributed by atoms with Crippen molar-refractivity contribution in [2.75, 3.05) is 26.4 Å². The smallest absolute Gasteiger partial charge is 0.248 e. The van der Waals surface area contributed by atoms with Crippen LogP contribution in [-0.4, -0.2) is 42.0 Å². The second-order valence-corrected chi connectivity index (χ2v) is 8.31. The average molecular weight is 470 g/mol. The number of alkyl halides is 1. The average Bonchev–Trinajstić information content (AvgIpc) is 2.85. The lowest BCUT2D eigenvalue weighted by Crippen LogP contribution is -2.33. The van der Waals surface area contributed by atoms with E-state index in [1.165, 1.54) is 12.1 Å². The molecule has 178 valence electrons. The zero-order chi connectivity index (χ0) is 23.9. The minimum atomic E-state index is -0.990. The van der Waals surface area contributed by atoms with Crippen LogP contribution in [0.15, 0.2) is 70.6 Å². The van der Waals surface area contributed by atoms with Gasteiger partial charge in [-0.05, 0) is 55.8 Å². The van der Waals surface area contributed by atoms with Gasteiger partial charge in [-0.15, -0.1) is 0 Å². The summed E-state index contributed by atoms with van der Waals surface area (Å²) in [6.07, 6.45) is 1.94. The number of aromatic nitrogens is 1. The van der Waals surface area contributed by atoms with Crippen LogP contribution in [0.4, 0.5) is 13.2 Å². The van der Waals surface area contributed by atoms with Crippen LogP contribution in [0.3, 0.4) is 0 Å². The number of oxime groups is 1. The second-order valence-electron chi connectivity index (χ2n) is 8.31. The summed E-state index contributed by atoms with van der Waals surface area (Å²) in [5.41, 5.74) is 3.32. The number of piperidine rings is 1. The predicted octanol–water partition coefficient (Wildman–Crippen LogP) is 4.77. The van der Waals surface area contributed by atoms with Gasteiger partial charge >= 0.3 is 0 Å². The van der Waals surface area contributed by atoms with E-state index in [0.29, 0.717) is 22.8 Å². The van der Waals surface area contributed by atoms with Crippen LogP contribution in [0.5, 0.6) is 0 Å². The van der Waals surface area contributed by atoms with Crippen molar-refractivity contribution in [2.45, 2.75) is 25.3 Å². The number of aromatic amines is 1. The van der Waals surface area contributed by atoms with Crippen molar-refractivity contribution in [3.8, 4) is 0 Å². The van der Waals surface area contributed by atoms with Crippen LogP contribution in [0, 0.1) is 11.6 Å². The first-order valence-corrected chi connectivity index (χ1v) is 11.3. The molecule has 34 heavy (non-hydrogen) atoms. The van der Waals surface area contributed by atoms with Crippen molar-refractivity contribution in [1.82, 2.24) is 9.88 Å². The summed E-state index contributed by atoms with van der Waals surface area (Å²) < 4.78 is 39.6. The largest absolute Gasteiger partial charge is 0.392 e. The Labute approximate surface area is 195 Å². The number of likely N-dealkylation sites (tertiary alicyclic amines) is 1. The van der Waals surface area contributed by atoms with E-state index in [9.17, 15) is 18.0 Å². The molecular weight excluding hydrogens is 443 g/mol. The van der Waals surface area contributed by atoms with E-state index in [-0.39, 0.29) is 12.2 Å². The Kier molecular flexibility index (Phi) is 7.80. The summed E-state index contributed by atoms with van der Waals surface area (Å²) in [6, 6.07) is 16.4. The molecule has 0 radical (unpaired) electrons. The van der Waals surface area contributed by atoms with Crippen LogP contribution < -0.4 is 5.56 Å². The molecule has 1 saturated heterocycles. The number of rotatable bonds is 8. The maximum absolute atomic E-state index is 13.8. The molecule has 1 aliphatic rings. The maximum atomic E-state index is 13.8. The highest BCUT2D eigenvalue weighted by Crippen LogP contribution is 2.27. The molecule has 4 rings (SSSR count). The molecule has 5 nitrogen and oxygen atoms in total. The standard InChI is InChI=1S/C26H26F3N3O2/c27-12-15-34-31-26(21-8-9-22(28)23(29)16-21)20-6-4-18(5-7-20)17-32-13-10-19(11-14-32)24-2-1-3-25(33)30-24/h1-9,16,19H,10-15,17H2,(H,30,33). The van der Waals surface area contributed by atoms with Crippen molar-refractivity contribution >= 4 is 5.71 Å². The minimum absolute atomic E-state index is 0.0682. The zero-order valence-electron chi connectivity index (χ0n) is 18.6. The molecule has 0 amide bonds. The Morgan fingerprint density at radius 3 is 2.41 bits per heavy atom. The third-order valence-corrected chi connectivity index (χ3v) is 5.97. The van der Waals surface area contributed by atoms with Crippen LogP contribution in [-0.2, 0) is 11.4 Å². The molecule has 0 unspecified atom stereocenters. The minimum Gasteiger partial charge on any atom is -0.392 e. The van der Waals surface area contributed by atoms with Gasteiger partial charge in [0, 0.05) is 35.3 Å². The molecule has 1 aromatic heterocycles. The lowest BCUT2D eigenvalue weighted by atomic mass is 9.92. The Morgan fingerprint density at radius 2 is 1.74 bits per heavy atom. The topological polar surface area (TPSA) is 57.7 Å². The van der Waals surface area contributed by atoms with E-state index in [0.717, 1.165) is 55.9 Å². The SMILES string of the molecule is O=c1cccc(C2CCN(Cc3ccc(C(=NOCCF)c4ccc(F)c(F)c4)cc3)CC2)[nH]1. The van der Waals surface area contributed by atoms with Crippen LogP contribution in [0.25, 0.3) is 0 Å². The Hall–Kier alpha value is -3.39. The summed E-state index contributed by atoms with van der Waals surface area (Å²) in [6.45, 7) is 1.68. The van der Waals surface area contributed by atoms with Gasteiger partial charge in [-0.1, -0.05) is 35.5 Å². The zero-order valence-corrected chi connectivity index (χ0v) is 18.6. The molecule has 0 saturated carbocycles. The predicted molar refractivity (Wildman–Crippen MR) is 125 cm³/mol. The number of hydrogen-bond acceptors (Lipinski definition) is 4. The van der Waals surface area contributed by atoms with Crippen LogP contribution in [0.2, 0.25) is 0 Å². The van der Waals surface area contributed by atoms with E-state index in [1.54, 1.807) is 6.07 Å². The van der Waals surface area contributed by atoms with Gasteiger partial charge < -0.3 is 9.82 Å². The van der Waals surface area contributed by atoms with Gasteiger partial charge in [0.05, 0.1) is 0 Å². The molecule has 1 fully saturated rings. The van der Waals surface area contributed by atoms with Gasteiger partial charge in [0.25, 0.3) is 0 Å². The first-order valence-electron chi connectivity index (χ1n) is 11.3. The summed E-state index contributed by atoms with van der Waals surface area (Å²) in [4.78, 5) is 21.9. The molecular formula is C26H26F3N3O2. The fraction of sp³-hybridized carbons (Fsp3) is 0.308. The molecule has 0 aliphatic carbocycles. The number of nitrogens with zero attached hydrogens (tertiary/aromatic N) is 2. The van der Waals surface area contributed by atoms with Gasteiger partial charge in [-0.3, -0.25) is 9.69 Å². The third-order valence-electron chi connectivity index (χ3n) is 5.97. The van der Waals surface area contributed by atoms with E-state index in [1.807, 2.05) is 30.3 Å². The lowest BCUT2D eigenvalue weighted by Gasteiger charge is -2.32. The number of H-pyrrole nitrogens is 1. The molecule has 0 atom stereocenters. The highest BCUT2D eigenvalue weighted by atomic mass is 19.2. The Balaban J connectivity index is 1.42. The summed E-state index contributed by atoms with van der Waals surface area (Å²) in [7, 11) is 0. The molecule has 2 heterocycles. The molecule has 2 aromatic carbocycles. The third kappa shape index (κ3) is 5.94. The van der Waals surface area contributed by atoms with Crippen LogP contribution >= 0.6 is 0 Å². The van der Waals surface area contributed by atoms with Crippen LogP contribution in [0.1, 0.15) is 41.1 Å². The molecule has 0 spiro atoms. The number of hydrogen-bond donors (Lipinski definition) is 1. The number of nitrogens with one attached hydrogen (secondary N) is 1. The van der Waals surface area contributed by atoms with Crippen molar-refractivity contribution in [3.63, 3.8) is 0 Å². The number of pyridine rings is 1. The molecule has 1 N–H and O–H groups in total. The van der Waals surface area contributed by atoms with E-state index in [2.05, 4.69) is 15.0 Å². The lowest BCUT2D eigenvalue weighted by molar-refractivity contribution is 0.128. The quantitative estimate of drug-likeness (QED) is 0.294. The van der Waals surface area contributed by atoms with Gasteiger partial charge in [0.15, 0.2) is 11.6 Å². The van der Waals surface area contributed by atoms with E-state index >= 15 is 0 Å². The van der Waals surface area contributed by atoms with Crippen molar-refractivity contribution in [2.24, 2.45) is 5.16 Å².